The van der Waals surface area contributed by atoms with Crippen LogP contribution in [0.3, 0.4) is 0 Å². The number of nitrogens with zero attached hydrogens (tertiary/aromatic N) is 4. The number of likely N-dealkylation sites (tertiary alicyclic amines) is 1. The third kappa shape index (κ3) is 4.13. The molecule has 1 aromatic carbocycles. The summed E-state index contributed by atoms with van der Waals surface area (Å²) in [6.45, 7) is 5.62. The standard InChI is InChI=1S/C22H21F3N4O2S2/c1-13-16-3-2-14(22(23,24)25)10-17(16)33-18(13)20(30)28-7-5-27(6-8-28)15-11-29(12-15)21(31)19-26-4-9-32-19/h2-4,9-10,15H,5-8,11-12H2,1H3. The summed E-state index contributed by atoms with van der Waals surface area (Å²) < 4.78 is 39.6. The third-order valence-corrected chi connectivity index (χ3v) is 8.35. The summed E-state index contributed by atoms with van der Waals surface area (Å²) in [5, 5.41) is 2.98. The lowest BCUT2D eigenvalue weighted by Crippen LogP contribution is -2.64. The summed E-state index contributed by atoms with van der Waals surface area (Å²) in [5.74, 6) is -0.167. The molecule has 0 N–H and O–H groups in total. The van der Waals surface area contributed by atoms with Crippen LogP contribution in [-0.2, 0) is 6.18 Å². The molecule has 0 bridgehead atoms. The minimum atomic E-state index is -4.41. The van der Waals surface area contributed by atoms with Gasteiger partial charge in [0, 0.05) is 61.6 Å². The predicted octanol–water partition coefficient (Wildman–Crippen LogP) is 3.97. The largest absolute Gasteiger partial charge is 0.416 e. The van der Waals surface area contributed by atoms with Crippen LogP contribution in [0.5, 0.6) is 0 Å². The van der Waals surface area contributed by atoms with Crippen molar-refractivity contribution < 1.29 is 22.8 Å². The number of aromatic nitrogens is 1. The molecule has 11 heteroatoms. The van der Waals surface area contributed by atoms with E-state index in [0.717, 1.165) is 29.0 Å². The van der Waals surface area contributed by atoms with Gasteiger partial charge in [0.15, 0.2) is 5.01 Å². The second kappa shape index (κ2) is 8.37. The van der Waals surface area contributed by atoms with Gasteiger partial charge in [-0.05, 0) is 30.0 Å². The van der Waals surface area contributed by atoms with Crippen molar-refractivity contribution >= 4 is 44.6 Å². The molecule has 0 unspecified atom stereocenters. The minimum absolute atomic E-state index is 0.0380. The molecule has 0 spiro atoms. The molecule has 33 heavy (non-hydrogen) atoms. The number of alkyl halides is 3. The van der Waals surface area contributed by atoms with E-state index in [-0.39, 0.29) is 17.9 Å². The van der Waals surface area contributed by atoms with Crippen LogP contribution in [0.25, 0.3) is 10.1 Å². The molecule has 6 nitrogen and oxygen atoms in total. The number of thiazole rings is 1. The van der Waals surface area contributed by atoms with Gasteiger partial charge in [-0.2, -0.15) is 13.2 Å². The Morgan fingerprint density at radius 1 is 1.06 bits per heavy atom. The number of carbonyl (C=O) groups is 2. The van der Waals surface area contributed by atoms with Crippen LogP contribution in [0.4, 0.5) is 13.2 Å². The van der Waals surface area contributed by atoms with Gasteiger partial charge in [0.25, 0.3) is 11.8 Å². The average molecular weight is 495 g/mol. The maximum absolute atomic E-state index is 13.1. The van der Waals surface area contributed by atoms with Crippen LogP contribution >= 0.6 is 22.7 Å². The monoisotopic (exact) mass is 494 g/mol. The van der Waals surface area contributed by atoms with E-state index >= 15 is 0 Å². The number of hydrogen-bond acceptors (Lipinski definition) is 6. The molecule has 174 valence electrons. The van der Waals surface area contributed by atoms with Gasteiger partial charge in [0.2, 0.25) is 0 Å². The number of thiophene rings is 1. The lowest BCUT2D eigenvalue weighted by Gasteiger charge is -2.47. The zero-order chi connectivity index (χ0) is 23.3. The molecule has 4 heterocycles. The van der Waals surface area contributed by atoms with E-state index in [4.69, 9.17) is 0 Å². The van der Waals surface area contributed by atoms with Crippen molar-refractivity contribution in [3.8, 4) is 0 Å². The van der Waals surface area contributed by atoms with Gasteiger partial charge in [0.05, 0.1) is 10.4 Å². The molecule has 2 amide bonds. The maximum atomic E-state index is 13.1. The zero-order valence-corrected chi connectivity index (χ0v) is 19.4. The predicted molar refractivity (Wildman–Crippen MR) is 121 cm³/mol. The molecule has 0 radical (unpaired) electrons. The van der Waals surface area contributed by atoms with E-state index in [1.54, 1.807) is 28.3 Å². The van der Waals surface area contributed by atoms with Crippen LogP contribution in [-0.4, -0.2) is 76.8 Å². The van der Waals surface area contributed by atoms with Gasteiger partial charge in [-0.3, -0.25) is 14.5 Å². The first-order chi connectivity index (χ1) is 15.7. The van der Waals surface area contributed by atoms with Crippen molar-refractivity contribution in [1.82, 2.24) is 19.7 Å². The highest BCUT2D eigenvalue weighted by Gasteiger charge is 2.38. The van der Waals surface area contributed by atoms with Gasteiger partial charge in [0.1, 0.15) is 0 Å². The quantitative estimate of drug-likeness (QED) is 0.553. The van der Waals surface area contributed by atoms with Crippen LogP contribution in [0.1, 0.15) is 30.6 Å². The number of carbonyl (C=O) groups excluding carboxylic acids is 2. The summed E-state index contributed by atoms with van der Waals surface area (Å²) in [4.78, 5) is 35.9. The van der Waals surface area contributed by atoms with E-state index in [0.29, 0.717) is 59.2 Å². The second-order valence-electron chi connectivity index (χ2n) is 8.29. The molecule has 0 atom stereocenters. The Morgan fingerprint density at radius 2 is 1.79 bits per heavy atom. The number of piperazine rings is 1. The summed E-state index contributed by atoms with van der Waals surface area (Å²) in [6.07, 6.45) is -2.78. The molecular formula is C22H21F3N4O2S2. The number of hydrogen-bond donors (Lipinski definition) is 0. The fraction of sp³-hybridized carbons (Fsp3) is 0.409. The van der Waals surface area contributed by atoms with E-state index < -0.39 is 11.7 Å². The average Bonchev–Trinajstić information content (AvgIpc) is 3.40. The smallest absolute Gasteiger partial charge is 0.335 e. The molecule has 2 saturated heterocycles. The van der Waals surface area contributed by atoms with Crippen molar-refractivity contribution in [1.29, 1.82) is 0 Å². The first kappa shape index (κ1) is 22.3. The first-order valence-corrected chi connectivity index (χ1v) is 12.2. The Bertz CT molecular complexity index is 1190. The first-order valence-electron chi connectivity index (χ1n) is 10.5. The second-order valence-corrected chi connectivity index (χ2v) is 10.2. The molecule has 2 aliphatic rings. The summed E-state index contributed by atoms with van der Waals surface area (Å²) >= 11 is 2.46. The number of halogens is 3. The Morgan fingerprint density at radius 3 is 2.42 bits per heavy atom. The summed E-state index contributed by atoms with van der Waals surface area (Å²) in [5.41, 5.74) is 0.0261. The van der Waals surface area contributed by atoms with Crippen molar-refractivity contribution in [3.05, 3.63) is 50.8 Å². The van der Waals surface area contributed by atoms with Crippen molar-refractivity contribution in [2.45, 2.75) is 19.1 Å². The highest BCUT2D eigenvalue weighted by Crippen LogP contribution is 2.37. The van der Waals surface area contributed by atoms with Crippen molar-refractivity contribution in [2.75, 3.05) is 39.3 Å². The Hall–Kier alpha value is -2.50. The Labute approximate surface area is 196 Å². The van der Waals surface area contributed by atoms with Crippen LogP contribution in [0.2, 0.25) is 0 Å². The van der Waals surface area contributed by atoms with Gasteiger partial charge in [-0.1, -0.05) is 6.07 Å². The number of rotatable bonds is 3. The van der Waals surface area contributed by atoms with E-state index in [1.165, 1.54) is 17.4 Å². The van der Waals surface area contributed by atoms with Gasteiger partial charge in [-0.15, -0.1) is 22.7 Å². The van der Waals surface area contributed by atoms with E-state index in [9.17, 15) is 22.8 Å². The Kier molecular flexibility index (Phi) is 5.66. The number of amides is 2. The maximum Gasteiger partial charge on any atom is 0.416 e. The molecule has 2 aliphatic heterocycles. The van der Waals surface area contributed by atoms with Crippen molar-refractivity contribution in [2.24, 2.45) is 0 Å². The summed E-state index contributed by atoms with van der Waals surface area (Å²) in [6, 6.07) is 3.92. The van der Waals surface area contributed by atoms with Crippen LogP contribution < -0.4 is 0 Å². The van der Waals surface area contributed by atoms with E-state index in [2.05, 4.69) is 9.88 Å². The fourth-order valence-corrected chi connectivity index (χ4v) is 6.17. The van der Waals surface area contributed by atoms with Crippen LogP contribution in [0, 0.1) is 6.92 Å². The lowest BCUT2D eigenvalue weighted by atomic mass is 10.1. The molecule has 0 saturated carbocycles. The minimum Gasteiger partial charge on any atom is -0.335 e. The normalized spacial score (nSPS) is 18.1. The van der Waals surface area contributed by atoms with Crippen LogP contribution in [0.15, 0.2) is 29.8 Å². The van der Waals surface area contributed by atoms with Gasteiger partial charge >= 0.3 is 6.18 Å². The topological polar surface area (TPSA) is 56.8 Å². The summed E-state index contributed by atoms with van der Waals surface area (Å²) in [7, 11) is 0. The van der Waals surface area contributed by atoms with Gasteiger partial charge < -0.3 is 9.80 Å². The SMILES string of the molecule is Cc1c(C(=O)N2CCN(C3CN(C(=O)c4nccs4)C3)CC2)sc2cc(C(F)(F)F)ccc12. The number of benzene rings is 1. The highest BCUT2D eigenvalue weighted by atomic mass is 32.1. The molecule has 5 rings (SSSR count). The molecule has 3 aromatic rings. The number of aryl methyl sites for hydroxylation is 1. The van der Waals surface area contributed by atoms with E-state index in [1.807, 2.05) is 0 Å². The molecule has 2 aromatic heterocycles. The Balaban J connectivity index is 1.20. The zero-order valence-electron chi connectivity index (χ0n) is 17.8. The molecule has 0 aliphatic carbocycles. The third-order valence-electron chi connectivity index (χ3n) is 6.34. The lowest BCUT2D eigenvalue weighted by molar-refractivity contribution is -0.137. The highest BCUT2D eigenvalue weighted by molar-refractivity contribution is 7.21. The molecule has 2 fully saturated rings. The fourth-order valence-electron chi connectivity index (χ4n) is 4.36. The molecular weight excluding hydrogens is 473 g/mol. The van der Waals surface area contributed by atoms with Gasteiger partial charge in [-0.25, -0.2) is 4.98 Å². The number of fused-ring (bicyclic) bond motifs is 1. The van der Waals surface area contributed by atoms with Crippen molar-refractivity contribution in [3.63, 3.8) is 0 Å².